The number of benzene rings is 1. The van der Waals surface area contributed by atoms with Crippen molar-refractivity contribution in [3.8, 4) is 5.75 Å². The van der Waals surface area contributed by atoms with Gasteiger partial charge in [-0.05, 0) is 45.0 Å². The fraction of sp³-hybridized carbons (Fsp3) is 0.444. The highest BCUT2D eigenvalue weighted by atomic mass is 35.5. The normalized spacial score (nSPS) is 20.6. The maximum Gasteiger partial charge on any atom is 0.266 e. The number of rotatable bonds is 4. The summed E-state index contributed by atoms with van der Waals surface area (Å²) < 4.78 is 11.4. The first kappa shape index (κ1) is 18.2. The summed E-state index contributed by atoms with van der Waals surface area (Å²) in [4.78, 5) is 19.8. The van der Waals surface area contributed by atoms with Crippen molar-refractivity contribution in [3.63, 3.8) is 0 Å². The molecule has 1 aliphatic heterocycles. The number of morpholine rings is 1. The highest BCUT2D eigenvalue weighted by Gasteiger charge is 2.28. The molecule has 0 radical (unpaired) electrons. The zero-order chi connectivity index (χ0) is 18.0. The fourth-order valence-electron chi connectivity index (χ4n) is 2.88. The number of halogens is 1. The molecule has 0 spiro atoms. The molecule has 1 saturated heterocycles. The largest absolute Gasteiger partial charge is 0.486 e. The minimum atomic E-state index is 0.0229. The number of ether oxygens (including phenoxy) is 2. The van der Waals surface area contributed by atoms with Gasteiger partial charge < -0.3 is 14.4 Å². The lowest BCUT2D eigenvalue weighted by Gasteiger charge is -2.35. The molecule has 3 rings (SSSR count). The van der Waals surface area contributed by atoms with Crippen LogP contribution in [0.5, 0.6) is 5.75 Å². The summed E-state index contributed by atoms with van der Waals surface area (Å²) >= 11 is 7.26. The molecular weight excluding hydrogens is 360 g/mol. The van der Waals surface area contributed by atoms with Crippen molar-refractivity contribution in [2.24, 2.45) is 0 Å². The van der Waals surface area contributed by atoms with E-state index in [-0.39, 0.29) is 18.1 Å². The summed E-state index contributed by atoms with van der Waals surface area (Å²) in [7, 11) is 0. The van der Waals surface area contributed by atoms with Crippen LogP contribution >= 0.6 is 22.9 Å². The predicted octanol–water partition coefficient (Wildman–Crippen LogP) is 3.93. The SMILES string of the molecule is Cc1nc(COc2ccc(Cl)cc2)sc1C(=O)N1CC(C)OC(C)C1. The van der Waals surface area contributed by atoms with Crippen LogP contribution < -0.4 is 4.74 Å². The van der Waals surface area contributed by atoms with Gasteiger partial charge in [0.15, 0.2) is 0 Å². The van der Waals surface area contributed by atoms with Gasteiger partial charge >= 0.3 is 0 Å². The van der Waals surface area contributed by atoms with Gasteiger partial charge in [0.25, 0.3) is 5.91 Å². The number of carbonyl (C=O) groups is 1. The zero-order valence-corrected chi connectivity index (χ0v) is 16.1. The van der Waals surface area contributed by atoms with E-state index in [0.717, 1.165) is 16.5 Å². The average molecular weight is 381 g/mol. The molecule has 2 unspecified atom stereocenters. The molecule has 134 valence electrons. The van der Waals surface area contributed by atoms with E-state index in [1.807, 2.05) is 37.8 Å². The molecule has 1 amide bonds. The van der Waals surface area contributed by atoms with Crippen LogP contribution in [-0.4, -0.2) is 41.1 Å². The van der Waals surface area contributed by atoms with Crippen molar-refractivity contribution in [3.05, 3.63) is 44.9 Å². The molecule has 7 heteroatoms. The Hall–Kier alpha value is -1.63. The predicted molar refractivity (Wildman–Crippen MR) is 98.5 cm³/mol. The molecule has 1 fully saturated rings. The molecular formula is C18H21ClN2O3S. The van der Waals surface area contributed by atoms with Gasteiger partial charge in [-0.25, -0.2) is 4.98 Å². The van der Waals surface area contributed by atoms with Gasteiger partial charge in [-0.3, -0.25) is 4.79 Å². The van der Waals surface area contributed by atoms with E-state index in [1.165, 1.54) is 11.3 Å². The Bertz CT molecular complexity index is 737. The van der Waals surface area contributed by atoms with Crippen molar-refractivity contribution in [1.29, 1.82) is 0 Å². The second-order valence-electron chi connectivity index (χ2n) is 6.23. The Morgan fingerprint density at radius 3 is 2.60 bits per heavy atom. The van der Waals surface area contributed by atoms with Crippen LogP contribution in [0.3, 0.4) is 0 Å². The molecule has 0 saturated carbocycles. The number of thiazole rings is 1. The third-order valence-corrected chi connectivity index (χ3v) is 5.29. The lowest BCUT2D eigenvalue weighted by Crippen LogP contribution is -2.48. The Morgan fingerprint density at radius 1 is 1.32 bits per heavy atom. The van der Waals surface area contributed by atoms with Crippen molar-refractivity contribution in [2.75, 3.05) is 13.1 Å². The topological polar surface area (TPSA) is 51.7 Å². The van der Waals surface area contributed by atoms with Crippen LogP contribution in [0.4, 0.5) is 0 Å². The maximum atomic E-state index is 12.8. The summed E-state index contributed by atoms with van der Waals surface area (Å²) in [5, 5.41) is 1.45. The molecule has 2 aromatic rings. The smallest absolute Gasteiger partial charge is 0.266 e. The van der Waals surface area contributed by atoms with Crippen LogP contribution in [0.1, 0.15) is 34.2 Å². The minimum Gasteiger partial charge on any atom is -0.486 e. The third-order valence-electron chi connectivity index (χ3n) is 3.92. The van der Waals surface area contributed by atoms with Crippen molar-refractivity contribution in [1.82, 2.24) is 9.88 Å². The molecule has 2 heterocycles. The lowest BCUT2D eigenvalue weighted by atomic mass is 10.2. The van der Waals surface area contributed by atoms with E-state index < -0.39 is 0 Å². The second-order valence-corrected chi connectivity index (χ2v) is 7.75. The van der Waals surface area contributed by atoms with Crippen molar-refractivity contribution >= 4 is 28.8 Å². The van der Waals surface area contributed by atoms with Gasteiger partial charge in [0.1, 0.15) is 22.2 Å². The first-order chi connectivity index (χ1) is 11.9. The van der Waals surface area contributed by atoms with Crippen LogP contribution in [-0.2, 0) is 11.3 Å². The summed E-state index contributed by atoms with van der Waals surface area (Å²) in [5.74, 6) is 0.746. The first-order valence-corrected chi connectivity index (χ1v) is 9.41. The van der Waals surface area contributed by atoms with E-state index >= 15 is 0 Å². The Labute approximate surface area is 156 Å². The molecule has 1 aromatic carbocycles. The zero-order valence-electron chi connectivity index (χ0n) is 14.5. The molecule has 5 nitrogen and oxygen atoms in total. The van der Waals surface area contributed by atoms with E-state index in [9.17, 15) is 4.79 Å². The van der Waals surface area contributed by atoms with Crippen LogP contribution in [0, 0.1) is 6.92 Å². The Balaban J connectivity index is 1.67. The molecule has 1 aliphatic rings. The fourth-order valence-corrected chi connectivity index (χ4v) is 3.95. The highest BCUT2D eigenvalue weighted by Crippen LogP contribution is 2.24. The number of aromatic nitrogens is 1. The molecule has 1 aromatic heterocycles. The highest BCUT2D eigenvalue weighted by molar-refractivity contribution is 7.13. The maximum absolute atomic E-state index is 12.8. The number of amides is 1. The summed E-state index contributed by atoms with van der Waals surface area (Å²) in [6.45, 7) is 7.38. The van der Waals surface area contributed by atoms with E-state index in [0.29, 0.717) is 29.6 Å². The number of aryl methyl sites for hydroxylation is 1. The van der Waals surface area contributed by atoms with Gasteiger partial charge in [0.05, 0.1) is 17.9 Å². The number of hydrogen-bond donors (Lipinski definition) is 0. The molecule has 0 bridgehead atoms. The van der Waals surface area contributed by atoms with Gasteiger partial charge in [-0.2, -0.15) is 0 Å². The summed E-state index contributed by atoms with van der Waals surface area (Å²) in [5.41, 5.74) is 0.747. The monoisotopic (exact) mass is 380 g/mol. The van der Waals surface area contributed by atoms with Gasteiger partial charge in [-0.15, -0.1) is 11.3 Å². The van der Waals surface area contributed by atoms with E-state index in [1.54, 1.807) is 12.1 Å². The molecule has 0 N–H and O–H groups in total. The first-order valence-electron chi connectivity index (χ1n) is 8.21. The second kappa shape index (κ2) is 7.72. The van der Waals surface area contributed by atoms with Gasteiger partial charge in [0.2, 0.25) is 0 Å². The van der Waals surface area contributed by atoms with Crippen molar-refractivity contribution < 1.29 is 14.3 Å². The lowest BCUT2D eigenvalue weighted by molar-refractivity contribution is -0.0585. The Kier molecular flexibility index (Phi) is 5.61. The van der Waals surface area contributed by atoms with Crippen molar-refractivity contribution in [2.45, 2.75) is 39.6 Å². The number of hydrogen-bond acceptors (Lipinski definition) is 5. The summed E-state index contributed by atoms with van der Waals surface area (Å²) in [6, 6.07) is 7.18. The van der Waals surface area contributed by atoms with Crippen LogP contribution in [0.2, 0.25) is 5.02 Å². The number of nitrogens with zero attached hydrogens (tertiary/aromatic N) is 2. The van der Waals surface area contributed by atoms with Crippen LogP contribution in [0.25, 0.3) is 0 Å². The van der Waals surface area contributed by atoms with Gasteiger partial charge in [-0.1, -0.05) is 11.6 Å². The van der Waals surface area contributed by atoms with E-state index in [4.69, 9.17) is 21.1 Å². The standard InChI is InChI=1S/C18H21ClN2O3S/c1-11-8-21(9-12(2)24-11)18(22)17-13(3)20-16(25-17)10-23-15-6-4-14(19)5-7-15/h4-7,11-12H,8-10H2,1-3H3. The van der Waals surface area contributed by atoms with Gasteiger partial charge in [0, 0.05) is 18.1 Å². The Morgan fingerprint density at radius 2 is 1.96 bits per heavy atom. The average Bonchev–Trinajstić information content (AvgIpc) is 2.93. The number of carbonyl (C=O) groups excluding carboxylic acids is 1. The molecule has 25 heavy (non-hydrogen) atoms. The molecule has 2 atom stereocenters. The quantitative estimate of drug-likeness (QED) is 0.806. The third kappa shape index (κ3) is 4.51. The van der Waals surface area contributed by atoms with Crippen LogP contribution in [0.15, 0.2) is 24.3 Å². The molecule has 0 aliphatic carbocycles. The summed E-state index contributed by atoms with van der Waals surface area (Å²) in [6.07, 6.45) is 0.0993. The minimum absolute atomic E-state index is 0.0229. The van der Waals surface area contributed by atoms with E-state index in [2.05, 4.69) is 4.98 Å².